The molecule has 0 unspecified atom stereocenters. The van der Waals surface area contributed by atoms with Crippen molar-refractivity contribution >= 4 is 17.4 Å². The predicted octanol–water partition coefficient (Wildman–Crippen LogP) is 8.93. The minimum absolute atomic E-state index is 0.109. The number of aromatic nitrogens is 2. The Hall–Kier alpha value is -1.82. The Labute approximate surface area is 195 Å². The Morgan fingerprint density at radius 1 is 0.812 bits per heavy atom. The molecule has 2 aromatic rings. The third-order valence-corrected chi connectivity index (χ3v) is 5.79. The zero-order chi connectivity index (χ0) is 23.2. The standard InChI is InChI=1S/C25H35ClF3N3/c1-2-3-4-5-6-7-8-9-10-11-12-13-18-30-23-22(19-31-24(26)32-23)20-14-16-21(17-15-20)25(27,28)29/h14-17,19H,2-13,18H2,1H3,(H,30,31,32). The summed E-state index contributed by atoms with van der Waals surface area (Å²) in [5.41, 5.74) is 0.580. The van der Waals surface area contributed by atoms with Crippen molar-refractivity contribution < 1.29 is 13.2 Å². The zero-order valence-electron chi connectivity index (χ0n) is 19.0. The number of nitrogens with one attached hydrogen (secondary N) is 1. The molecule has 0 aliphatic rings. The largest absolute Gasteiger partial charge is 0.416 e. The van der Waals surface area contributed by atoms with Crippen LogP contribution < -0.4 is 5.32 Å². The van der Waals surface area contributed by atoms with Gasteiger partial charge in [-0.2, -0.15) is 13.2 Å². The summed E-state index contributed by atoms with van der Waals surface area (Å²) in [5.74, 6) is 0.549. The van der Waals surface area contributed by atoms with Gasteiger partial charge in [0.15, 0.2) is 0 Å². The quantitative estimate of drug-likeness (QED) is 0.209. The predicted molar refractivity (Wildman–Crippen MR) is 127 cm³/mol. The molecule has 1 aromatic heterocycles. The number of nitrogens with zero attached hydrogens (tertiary/aromatic N) is 2. The van der Waals surface area contributed by atoms with E-state index in [-0.39, 0.29) is 5.28 Å². The summed E-state index contributed by atoms with van der Waals surface area (Å²) in [6.07, 6.45) is 12.6. The van der Waals surface area contributed by atoms with Gasteiger partial charge in [-0.25, -0.2) is 9.97 Å². The van der Waals surface area contributed by atoms with Crippen molar-refractivity contribution in [2.75, 3.05) is 11.9 Å². The number of unbranched alkanes of at least 4 members (excludes halogenated alkanes) is 11. The third kappa shape index (κ3) is 9.76. The molecule has 0 fully saturated rings. The molecule has 0 spiro atoms. The molecule has 0 bridgehead atoms. The number of hydrogen-bond donors (Lipinski definition) is 1. The Bertz CT molecular complexity index is 779. The van der Waals surface area contributed by atoms with E-state index in [9.17, 15) is 13.2 Å². The highest BCUT2D eigenvalue weighted by atomic mass is 35.5. The van der Waals surface area contributed by atoms with Crippen LogP contribution in [0.2, 0.25) is 5.28 Å². The van der Waals surface area contributed by atoms with Gasteiger partial charge in [0, 0.05) is 18.3 Å². The lowest BCUT2D eigenvalue weighted by molar-refractivity contribution is -0.137. The van der Waals surface area contributed by atoms with Gasteiger partial charge in [0.2, 0.25) is 5.28 Å². The summed E-state index contributed by atoms with van der Waals surface area (Å²) in [6.45, 7) is 2.98. The summed E-state index contributed by atoms with van der Waals surface area (Å²) in [4.78, 5) is 8.23. The number of hydrogen-bond acceptors (Lipinski definition) is 3. The molecule has 178 valence electrons. The first-order chi connectivity index (χ1) is 15.4. The number of rotatable bonds is 15. The van der Waals surface area contributed by atoms with Crippen molar-refractivity contribution in [3.05, 3.63) is 41.3 Å². The Morgan fingerprint density at radius 3 is 1.88 bits per heavy atom. The van der Waals surface area contributed by atoms with Crippen molar-refractivity contribution in [1.82, 2.24) is 9.97 Å². The van der Waals surface area contributed by atoms with Crippen LogP contribution in [0.3, 0.4) is 0 Å². The van der Waals surface area contributed by atoms with Gasteiger partial charge in [-0.15, -0.1) is 0 Å². The lowest BCUT2D eigenvalue weighted by Gasteiger charge is -2.12. The van der Waals surface area contributed by atoms with E-state index < -0.39 is 11.7 Å². The van der Waals surface area contributed by atoms with Crippen LogP contribution in [-0.4, -0.2) is 16.5 Å². The summed E-state index contributed by atoms with van der Waals surface area (Å²) in [6, 6.07) is 5.01. The van der Waals surface area contributed by atoms with Gasteiger partial charge in [0.05, 0.1) is 5.56 Å². The second kappa shape index (κ2) is 14.4. The van der Waals surface area contributed by atoms with Gasteiger partial charge in [0.1, 0.15) is 5.82 Å². The van der Waals surface area contributed by atoms with Crippen LogP contribution in [0.4, 0.5) is 19.0 Å². The maximum Gasteiger partial charge on any atom is 0.416 e. The lowest BCUT2D eigenvalue weighted by atomic mass is 10.0. The van der Waals surface area contributed by atoms with Crippen LogP contribution in [0.1, 0.15) is 89.5 Å². The smallest absolute Gasteiger partial charge is 0.369 e. The molecule has 1 aromatic carbocycles. The number of anilines is 1. The fraction of sp³-hybridized carbons (Fsp3) is 0.600. The highest BCUT2D eigenvalue weighted by molar-refractivity contribution is 6.28. The first-order valence-electron chi connectivity index (χ1n) is 11.9. The number of benzene rings is 1. The fourth-order valence-electron chi connectivity index (χ4n) is 3.72. The first kappa shape index (κ1) is 26.4. The molecule has 1 heterocycles. The van der Waals surface area contributed by atoms with Gasteiger partial charge < -0.3 is 5.32 Å². The van der Waals surface area contributed by atoms with Crippen molar-refractivity contribution in [1.29, 1.82) is 0 Å². The van der Waals surface area contributed by atoms with Gasteiger partial charge in [-0.3, -0.25) is 0 Å². The molecule has 0 saturated heterocycles. The van der Waals surface area contributed by atoms with Crippen LogP contribution >= 0.6 is 11.6 Å². The number of halogens is 4. The molecule has 0 atom stereocenters. The molecule has 0 saturated carbocycles. The molecule has 1 N–H and O–H groups in total. The van der Waals surface area contributed by atoms with Crippen LogP contribution in [0.15, 0.2) is 30.5 Å². The van der Waals surface area contributed by atoms with Crippen LogP contribution in [0.25, 0.3) is 11.1 Å². The average Bonchev–Trinajstić information content (AvgIpc) is 2.76. The molecule has 7 heteroatoms. The molecular weight excluding hydrogens is 435 g/mol. The highest BCUT2D eigenvalue weighted by Gasteiger charge is 2.30. The second-order valence-corrected chi connectivity index (χ2v) is 8.63. The Kier molecular flexibility index (Phi) is 11.9. The zero-order valence-corrected chi connectivity index (χ0v) is 19.7. The van der Waals surface area contributed by atoms with E-state index >= 15 is 0 Å². The minimum Gasteiger partial charge on any atom is -0.369 e. The topological polar surface area (TPSA) is 37.8 Å². The molecule has 3 nitrogen and oxygen atoms in total. The summed E-state index contributed by atoms with van der Waals surface area (Å²) in [5, 5.41) is 3.38. The van der Waals surface area contributed by atoms with E-state index in [1.54, 1.807) is 6.20 Å². The molecule has 0 amide bonds. The molecule has 0 aliphatic heterocycles. The first-order valence-corrected chi connectivity index (χ1v) is 12.2. The maximum absolute atomic E-state index is 12.8. The van der Waals surface area contributed by atoms with Crippen LogP contribution in [0, 0.1) is 0 Å². The summed E-state index contributed by atoms with van der Waals surface area (Å²) in [7, 11) is 0. The van der Waals surface area contributed by atoms with E-state index in [0.717, 1.165) is 31.5 Å². The van der Waals surface area contributed by atoms with Crippen molar-refractivity contribution in [3.63, 3.8) is 0 Å². The molecular formula is C25H35ClF3N3. The highest BCUT2D eigenvalue weighted by Crippen LogP contribution is 2.32. The maximum atomic E-state index is 12.8. The van der Waals surface area contributed by atoms with E-state index in [1.165, 1.54) is 76.3 Å². The van der Waals surface area contributed by atoms with Crippen molar-refractivity contribution in [2.45, 2.75) is 90.1 Å². The van der Waals surface area contributed by atoms with Crippen LogP contribution in [-0.2, 0) is 6.18 Å². The normalized spacial score (nSPS) is 11.7. The second-order valence-electron chi connectivity index (χ2n) is 8.29. The lowest BCUT2D eigenvalue weighted by Crippen LogP contribution is -2.06. The van der Waals surface area contributed by atoms with Crippen LogP contribution in [0.5, 0.6) is 0 Å². The molecule has 2 rings (SSSR count). The third-order valence-electron chi connectivity index (χ3n) is 5.61. The van der Waals surface area contributed by atoms with Gasteiger partial charge in [-0.05, 0) is 35.7 Å². The molecule has 0 aliphatic carbocycles. The van der Waals surface area contributed by atoms with E-state index in [0.29, 0.717) is 16.9 Å². The monoisotopic (exact) mass is 469 g/mol. The minimum atomic E-state index is -4.36. The molecule has 0 radical (unpaired) electrons. The Morgan fingerprint density at radius 2 is 1.34 bits per heavy atom. The van der Waals surface area contributed by atoms with Crippen molar-refractivity contribution in [2.24, 2.45) is 0 Å². The van der Waals surface area contributed by atoms with Gasteiger partial charge in [0.25, 0.3) is 0 Å². The molecule has 32 heavy (non-hydrogen) atoms. The Balaban J connectivity index is 1.70. The van der Waals surface area contributed by atoms with Gasteiger partial charge >= 0.3 is 6.18 Å². The van der Waals surface area contributed by atoms with E-state index in [2.05, 4.69) is 22.2 Å². The van der Waals surface area contributed by atoms with E-state index in [1.807, 2.05) is 0 Å². The van der Waals surface area contributed by atoms with Crippen molar-refractivity contribution in [3.8, 4) is 11.1 Å². The average molecular weight is 470 g/mol. The summed E-state index contributed by atoms with van der Waals surface area (Å²) < 4.78 is 38.4. The fourth-order valence-corrected chi connectivity index (χ4v) is 3.85. The SMILES string of the molecule is CCCCCCCCCCCCCCNc1nc(Cl)ncc1-c1ccc(C(F)(F)F)cc1. The van der Waals surface area contributed by atoms with E-state index in [4.69, 9.17) is 11.6 Å². The summed E-state index contributed by atoms with van der Waals surface area (Å²) >= 11 is 5.94. The van der Waals surface area contributed by atoms with Gasteiger partial charge in [-0.1, -0.05) is 89.7 Å². The number of alkyl halides is 3.